The quantitative estimate of drug-likeness (QED) is 0.178. The Morgan fingerprint density at radius 1 is 0.655 bits per heavy atom. The number of hydrogen-bond donors (Lipinski definition) is 0. The van der Waals surface area contributed by atoms with E-state index in [0.29, 0.717) is 0 Å². The lowest BCUT2D eigenvalue weighted by Gasteiger charge is -2.17. The molecule has 0 amide bonds. The summed E-state index contributed by atoms with van der Waals surface area (Å²) in [5.74, 6) is 0.827. The standard InChI is InChI=1S/C50H33N3OS/c1-29-14-3-2-12-27-55-41-24-13-22-37(42(29)41)47-50(51-38-28-31-16-5-7-18-33(31)46(38)52-47)53-39-23-11-10-21-36(39)43-34-19-8-9-20-35(34)45-44-32-17-6-4-15-30(32)25-26-40(44)54-49(45)48(43)53/h2-6,8-17,19-27H,7,18,28H2,1H3. The van der Waals surface area contributed by atoms with Crippen molar-refractivity contribution in [3.63, 3.8) is 0 Å². The lowest BCUT2D eigenvalue weighted by atomic mass is 9.96. The van der Waals surface area contributed by atoms with Gasteiger partial charge < -0.3 is 4.42 Å². The van der Waals surface area contributed by atoms with E-state index in [1.807, 2.05) is 0 Å². The van der Waals surface area contributed by atoms with E-state index in [-0.39, 0.29) is 0 Å². The van der Waals surface area contributed by atoms with Crippen LogP contribution in [0.15, 0.2) is 155 Å². The fourth-order valence-corrected chi connectivity index (χ4v) is 10.3. The summed E-state index contributed by atoms with van der Waals surface area (Å²) in [5.41, 5.74) is 11.7. The molecule has 0 saturated heterocycles. The normalized spacial score (nSPS) is 13.9. The first-order valence-electron chi connectivity index (χ1n) is 19.0. The molecule has 55 heavy (non-hydrogen) atoms. The number of hydrogen-bond acceptors (Lipinski definition) is 4. The fourth-order valence-electron chi connectivity index (χ4n) is 9.39. The molecule has 0 bridgehead atoms. The van der Waals surface area contributed by atoms with Gasteiger partial charge in [0.1, 0.15) is 11.3 Å². The Morgan fingerprint density at radius 3 is 2.36 bits per heavy atom. The van der Waals surface area contributed by atoms with Gasteiger partial charge >= 0.3 is 0 Å². The van der Waals surface area contributed by atoms with Gasteiger partial charge in [-0.15, -0.1) is 11.3 Å². The second-order valence-corrected chi connectivity index (χ2v) is 15.7. The minimum absolute atomic E-state index is 0.783. The summed E-state index contributed by atoms with van der Waals surface area (Å²) in [5, 5.41) is 12.7. The average Bonchev–Trinajstić information content (AvgIpc) is 3.92. The second kappa shape index (κ2) is 11.7. The van der Waals surface area contributed by atoms with Crippen molar-refractivity contribution >= 4 is 92.3 Å². The van der Waals surface area contributed by atoms with E-state index in [0.717, 1.165) is 91.5 Å². The Morgan fingerprint density at radius 2 is 1.45 bits per heavy atom. The molecule has 0 unspecified atom stereocenters. The van der Waals surface area contributed by atoms with Crippen molar-refractivity contribution in [2.75, 3.05) is 0 Å². The molecule has 260 valence electrons. The van der Waals surface area contributed by atoms with Gasteiger partial charge in [-0.1, -0.05) is 121 Å². The van der Waals surface area contributed by atoms with Crippen LogP contribution in [0.1, 0.15) is 29.8 Å². The minimum Gasteiger partial charge on any atom is -0.454 e. The van der Waals surface area contributed by atoms with Gasteiger partial charge in [-0.05, 0) is 81.6 Å². The number of fused-ring (bicyclic) bond motifs is 15. The van der Waals surface area contributed by atoms with Crippen LogP contribution in [0.4, 0.5) is 0 Å². The van der Waals surface area contributed by atoms with Crippen molar-refractivity contribution in [2.45, 2.75) is 26.2 Å². The molecule has 0 saturated carbocycles. The zero-order valence-electron chi connectivity index (χ0n) is 30.1. The predicted octanol–water partition coefficient (Wildman–Crippen LogP) is 13.8. The molecule has 0 radical (unpaired) electrons. The highest BCUT2D eigenvalue weighted by molar-refractivity contribution is 7.16. The van der Waals surface area contributed by atoms with E-state index < -0.39 is 0 Å². The summed E-state index contributed by atoms with van der Waals surface area (Å²) in [6.45, 7) is 2.21. The molecule has 0 spiro atoms. The molecular formula is C50H33N3OS. The number of furan rings is 1. The molecule has 12 rings (SSSR count). The van der Waals surface area contributed by atoms with Crippen LogP contribution in [-0.2, 0) is 6.42 Å². The summed E-state index contributed by atoms with van der Waals surface area (Å²) < 4.78 is 10.7. The summed E-state index contributed by atoms with van der Waals surface area (Å²) in [4.78, 5) is 11.5. The van der Waals surface area contributed by atoms with E-state index in [1.165, 1.54) is 48.3 Å². The first kappa shape index (κ1) is 30.9. The Kier molecular flexibility index (Phi) is 6.57. The number of allylic oxidation sites excluding steroid dienone is 4. The minimum atomic E-state index is 0.783. The van der Waals surface area contributed by atoms with E-state index in [9.17, 15) is 0 Å². The van der Waals surface area contributed by atoms with Gasteiger partial charge in [0.25, 0.3) is 0 Å². The Labute approximate surface area is 320 Å². The van der Waals surface area contributed by atoms with Crippen LogP contribution in [-0.4, -0.2) is 14.5 Å². The second-order valence-electron chi connectivity index (χ2n) is 14.8. The molecule has 5 heteroatoms. The molecule has 0 aliphatic heterocycles. The number of aromatic nitrogens is 3. The molecule has 4 nitrogen and oxygen atoms in total. The van der Waals surface area contributed by atoms with Gasteiger partial charge in [0, 0.05) is 43.6 Å². The summed E-state index contributed by atoms with van der Waals surface area (Å²) >= 11 is 1.75. The van der Waals surface area contributed by atoms with Crippen LogP contribution >= 0.6 is 11.3 Å². The van der Waals surface area contributed by atoms with E-state index in [1.54, 1.807) is 11.3 Å². The van der Waals surface area contributed by atoms with Crippen LogP contribution in [0.3, 0.4) is 0 Å². The maximum Gasteiger partial charge on any atom is 0.164 e. The third kappa shape index (κ3) is 4.39. The molecule has 6 aromatic carbocycles. The highest BCUT2D eigenvalue weighted by atomic mass is 32.1. The topological polar surface area (TPSA) is 43.9 Å². The van der Waals surface area contributed by atoms with Crippen molar-refractivity contribution in [3.8, 4) is 17.1 Å². The van der Waals surface area contributed by atoms with Crippen LogP contribution in [0, 0.1) is 6.92 Å². The van der Waals surface area contributed by atoms with Crippen molar-refractivity contribution < 1.29 is 4.42 Å². The number of rotatable bonds is 2. The summed E-state index contributed by atoms with van der Waals surface area (Å²) in [7, 11) is 0. The number of benzene rings is 6. The SMILES string of the molecule is Cc1cccccsc2cccc(-c3nc4c(nc3-n3c5ccccc5c5c6ccccc6c6c(oc7ccc8ccccc8c76)c53)CC3=C4CCC=C3)c12. The molecule has 2 aliphatic carbocycles. The molecular weight excluding hydrogens is 691 g/mol. The molecule has 2 aliphatic rings. The third-order valence-electron chi connectivity index (χ3n) is 11.7. The Hall–Kier alpha value is -6.56. The monoisotopic (exact) mass is 723 g/mol. The summed E-state index contributed by atoms with van der Waals surface area (Å²) in [6, 6.07) is 45.7. The Balaban J connectivity index is 1.31. The molecule has 4 aromatic heterocycles. The highest BCUT2D eigenvalue weighted by Crippen LogP contribution is 2.49. The van der Waals surface area contributed by atoms with Crippen LogP contribution < -0.4 is 0 Å². The first-order chi connectivity index (χ1) is 27.2. The fraction of sp³-hybridized carbons (Fsp3) is 0.0800. The molecule has 10 aromatic rings. The van der Waals surface area contributed by atoms with Crippen molar-refractivity contribution in [2.24, 2.45) is 0 Å². The Bertz CT molecular complexity index is 3430. The molecule has 4 heterocycles. The van der Waals surface area contributed by atoms with E-state index in [4.69, 9.17) is 14.4 Å². The maximum absolute atomic E-state index is 7.13. The van der Waals surface area contributed by atoms with Gasteiger partial charge in [-0.2, -0.15) is 0 Å². The van der Waals surface area contributed by atoms with Gasteiger partial charge in [-0.3, -0.25) is 4.57 Å². The molecule has 0 atom stereocenters. The zero-order chi connectivity index (χ0) is 36.2. The lowest BCUT2D eigenvalue weighted by Crippen LogP contribution is -2.08. The van der Waals surface area contributed by atoms with Crippen molar-refractivity contribution in [3.05, 3.63) is 167 Å². The molecule has 0 N–H and O–H groups in total. The van der Waals surface area contributed by atoms with Crippen LogP contribution in [0.25, 0.3) is 98.0 Å². The van der Waals surface area contributed by atoms with E-state index >= 15 is 0 Å². The largest absolute Gasteiger partial charge is 0.454 e. The average molecular weight is 724 g/mol. The number of para-hydroxylation sites is 1. The smallest absolute Gasteiger partial charge is 0.164 e. The maximum atomic E-state index is 7.13. The van der Waals surface area contributed by atoms with Gasteiger partial charge in [0.2, 0.25) is 0 Å². The summed E-state index contributed by atoms with van der Waals surface area (Å²) in [6.07, 6.45) is 7.37. The van der Waals surface area contributed by atoms with Crippen molar-refractivity contribution in [1.29, 1.82) is 0 Å². The third-order valence-corrected chi connectivity index (χ3v) is 12.6. The van der Waals surface area contributed by atoms with Crippen molar-refractivity contribution in [1.82, 2.24) is 14.5 Å². The first-order valence-corrected chi connectivity index (χ1v) is 19.9. The number of aryl methyl sites for hydroxylation is 1. The molecule has 0 fully saturated rings. The van der Waals surface area contributed by atoms with Gasteiger partial charge in [0.15, 0.2) is 11.4 Å². The lowest BCUT2D eigenvalue weighted by molar-refractivity contribution is 0.671. The van der Waals surface area contributed by atoms with E-state index in [2.05, 4.69) is 156 Å². The van der Waals surface area contributed by atoms with Gasteiger partial charge in [0.05, 0.1) is 22.4 Å². The highest BCUT2D eigenvalue weighted by Gasteiger charge is 2.31. The predicted molar refractivity (Wildman–Crippen MR) is 231 cm³/mol. The zero-order valence-corrected chi connectivity index (χ0v) is 31.0. The van der Waals surface area contributed by atoms with Crippen LogP contribution in [0.2, 0.25) is 0 Å². The van der Waals surface area contributed by atoms with Gasteiger partial charge in [-0.25, -0.2) is 9.97 Å². The number of nitrogens with zero attached hydrogens (tertiary/aromatic N) is 3. The van der Waals surface area contributed by atoms with Crippen LogP contribution in [0.5, 0.6) is 0 Å².